The summed E-state index contributed by atoms with van der Waals surface area (Å²) in [5, 5.41) is 6.37. The van der Waals surface area contributed by atoms with Crippen molar-refractivity contribution in [3.8, 4) is 0 Å². The number of amides is 2. The third-order valence-corrected chi connectivity index (χ3v) is 3.72. The van der Waals surface area contributed by atoms with Crippen molar-refractivity contribution in [3.63, 3.8) is 0 Å². The topological polar surface area (TPSA) is 77.0 Å². The highest BCUT2D eigenvalue weighted by Crippen LogP contribution is 2.07. The van der Waals surface area contributed by atoms with Crippen LogP contribution in [0.3, 0.4) is 0 Å². The summed E-state index contributed by atoms with van der Waals surface area (Å²) in [4.78, 5) is 31.2. The Morgan fingerprint density at radius 2 is 1.81 bits per heavy atom. The maximum absolute atomic E-state index is 12.1. The fourth-order valence-electron chi connectivity index (χ4n) is 2.14. The number of guanidine groups is 1. The minimum atomic E-state index is -0.0682. The van der Waals surface area contributed by atoms with E-state index >= 15 is 0 Å². The molecule has 27 heavy (non-hydrogen) atoms. The molecule has 1 aromatic rings. The van der Waals surface area contributed by atoms with Gasteiger partial charge in [-0.15, -0.1) is 0 Å². The van der Waals surface area contributed by atoms with Gasteiger partial charge in [0.05, 0.1) is 0 Å². The minimum absolute atomic E-state index is 0.0163. The maximum Gasteiger partial charge on any atom is 0.253 e. The highest BCUT2D eigenvalue weighted by Gasteiger charge is 2.08. The van der Waals surface area contributed by atoms with Crippen molar-refractivity contribution in [1.29, 1.82) is 0 Å². The molecule has 7 heteroatoms. The van der Waals surface area contributed by atoms with Crippen LogP contribution in [0.1, 0.15) is 22.8 Å². The summed E-state index contributed by atoms with van der Waals surface area (Å²) in [6.07, 6.45) is 0.726. The predicted molar refractivity (Wildman–Crippen MR) is 110 cm³/mol. The molecule has 7 nitrogen and oxygen atoms in total. The molecule has 0 aromatic heterocycles. The van der Waals surface area contributed by atoms with Gasteiger partial charge < -0.3 is 20.4 Å². The Morgan fingerprint density at radius 3 is 2.41 bits per heavy atom. The van der Waals surface area contributed by atoms with E-state index in [-0.39, 0.29) is 18.4 Å². The normalized spacial score (nSPS) is 10.9. The Kier molecular flexibility index (Phi) is 9.05. The average Bonchev–Trinajstić information content (AvgIpc) is 2.62. The van der Waals surface area contributed by atoms with Crippen LogP contribution in [0.5, 0.6) is 0 Å². The van der Waals surface area contributed by atoms with Crippen molar-refractivity contribution >= 4 is 17.8 Å². The maximum atomic E-state index is 12.1. The summed E-state index contributed by atoms with van der Waals surface area (Å²) in [5.41, 5.74) is 2.69. The van der Waals surface area contributed by atoms with Crippen LogP contribution in [0, 0.1) is 0 Å². The van der Waals surface area contributed by atoms with Crippen LogP contribution in [-0.4, -0.2) is 75.4 Å². The van der Waals surface area contributed by atoms with Crippen molar-refractivity contribution < 1.29 is 9.59 Å². The smallest absolute Gasteiger partial charge is 0.253 e. The lowest BCUT2D eigenvalue weighted by molar-refractivity contribution is -0.127. The molecule has 2 N–H and O–H groups in total. The lowest BCUT2D eigenvalue weighted by atomic mass is 10.1. The van der Waals surface area contributed by atoms with Gasteiger partial charge in [-0.2, -0.15) is 0 Å². The monoisotopic (exact) mass is 373 g/mol. The van der Waals surface area contributed by atoms with Crippen molar-refractivity contribution in [3.05, 3.63) is 47.5 Å². The largest absolute Gasteiger partial charge is 0.356 e. The number of likely N-dealkylation sites (N-methyl/N-ethyl adjacent to an activating group) is 1. The molecule has 0 saturated heterocycles. The van der Waals surface area contributed by atoms with Crippen LogP contribution >= 0.6 is 0 Å². The van der Waals surface area contributed by atoms with E-state index < -0.39 is 0 Å². The molecule has 0 saturated carbocycles. The highest BCUT2D eigenvalue weighted by atomic mass is 16.2. The van der Waals surface area contributed by atoms with Gasteiger partial charge in [0, 0.05) is 46.8 Å². The van der Waals surface area contributed by atoms with Crippen LogP contribution in [0.25, 0.3) is 0 Å². The number of aliphatic imine (C=N–C) groups is 1. The van der Waals surface area contributed by atoms with Crippen LogP contribution in [0.4, 0.5) is 0 Å². The number of rotatable bonds is 8. The van der Waals surface area contributed by atoms with Crippen LogP contribution in [0.15, 0.2) is 41.4 Å². The summed E-state index contributed by atoms with van der Waals surface area (Å²) in [5.74, 6) is 0.479. The Labute approximate surface area is 162 Å². The highest BCUT2D eigenvalue weighted by molar-refractivity contribution is 5.94. The first-order valence-corrected chi connectivity index (χ1v) is 8.88. The number of hydrogen-bond donors (Lipinski definition) is 2. The first-order valence-electron chi connectivity index (χ1n) is 8.88. The van der Waals surface area contributed by atoms with Gasteiger partial charge >= 0.3 is 0 Å². The van der Waals surface area contributed by atoms with Gasteiger partial charge in [0.25, 0.3) is 5.91 Å². The number of carbonyl (C=O) groups is 2. The summed E-state index contributed by atoms with van der Waals surface area (Å²) in [6.45, 7) is 7.06. The molecule has 0 heterocycles. The van der Waals surface area contributed by atoms with Gasteiger partial charge in [-0.3, -0.25) is 9.59 Å². The molecule has 0 aliphatic carbocycles. The Hall–Kier alpha value is -2.83. The molecule has 2 amide bonds. The van der Waals surface area contributed by atoms with E-state index in [1.54, 1.807) is 33.1 Å². The van der Waals surface area contributed by atoms with Gasteiger partial charge in [0.1, 0.15) is 6.54 Å². The van der Waals surface area contributed by atoms with Gasteiger partial charge in [-0.25, -0.2) is 4.99 Å². The number of nitrogens with zero attached hydrogens (tertiary/aromatic N) is 3. The molecule has 0 fully saturated rings. The summed E-state index contributed by atoms with van der Waals surface area (Å²) >= 11 is 0. The molecule has 0 spiro atoms. The molecular weight excluding hydrogens is 342 g/mol. The van der Waals surface area contributed by atoms with Crippen molar-refractivity contribution in [1.82, 2.24) is 20.4 Å². The first-order chi connectivity index (χ1) is 12.7. The Bertz CT molecular complexity index is 695. The number of benzene rings is 1. The van der Waals surface area contributed by atoms with Crippen LogP contribution in [0.2, 0.25) is 0 Å². The van der Waals surface area contributed by atoms with E-state index in [1.807, 2.05) is 31.2 Å². The zero-order chi connectivity index (χ0) is 20.4. The van der Waals surface area contributed by atoms with E-state index in [1.165, 1.54) is 4.90 Å². The van der Waals surface area contributed by atoms with E-state index in [2.05, 4.69) is 22.2 Å². The Balaban J connectivity index is 2.68. The van der Waals surface area contributed by atoms with Gasteiger partial charge in [-0.05, 0) is 31.0 Å². The summed E-state index contributed by atoms with van der Waals surface area (Å²) < 4.78 is 0. The van der Waals surface area contributed by atoms with Crippen molar-refractivity contribution in [2.75, 3.05) is 47.8 Å². The zero-order valence-electron chi connectivity index (χ0n) is 17.0. The quantitative estimate of drug-likeness (QED) is 0.407. The fraction of sp³-hybridized carbons (Fsp3) is 0.450. The Morgan fingerprint density at radius 1 is 1.11 bits per heavy atom. The van der Waals surface area contributed by atoms with Crippen molar-refractivity contribution in [2.24, 2.45) is 4.99 Å². The number of nitrogens with one attached hydrogen (secondary N) is 2. The second-order valence-corrected chi connectivity index (χ2v) is 6.84. The number of carbonyl (C=O) groups excluding carboxylic acids is 2. The molecule has 0 atom stereocenters. The molecular formula is C20H31N5O2. The molecule has 148 valence electrons. The van der Waals surface area contributed by atoms with E-state index in [0.717, 1.165) is 17.6 Å². The standard InChI is InChI=1S/C20H31N5O2/c1-15(2)13-22-20(23-14-18(26)24(3)4)21-11-10-16-8-7-9-17(12-16)19(27)25(5)6/h7-9,12H,1,10-11,13-14H2,2-6H3,(H2,21,22,23). The summed E-state index contributed by atoms with van der Waals surface area (Å²) in [7, 11) is 6.88. The third kappa shape index (κ3) is 8.40. The van der Waals surface area contributed by atoms with Crippen molar-refractivity contribution in [2.45, 2.75) is 13.3 Å². The predicted octanol–water partition coefficient (Wildman–Crippen LogP) is 1.13. The molecule has 0 radical (unpaired) electrons. The second-order valence-electron chi connectivity index (χ2n) is 6.84. The van der Waals surface area contributed by atoms with E-state index in [0.29, 0.717) is 24.6 Å². The molecule has 0 unspecified atom stereocenters. The van der Waals surface area contributed by atoms with Gasteiger partial charge in [0.2, 0.25) is 5.91 Å². The first kappa shape index (κ1) is 22.2. The lowest BCUT2D eigenvalue weighted by Crippen LogP contribution is -2.40. The second kappa shape index (κ2) is 11.0. The van der Waals surface area contributed by atoms with E-state index in [4.69, 9.17) is 0 Å². The van der Waals surface area contributed by atoms with Crippen LogP contribution in [-0.2, 0) is 11.2 Å². The number of hydrogen-bond acceptors (Lipinski definition) is 3. The molecule has 0 aliphatic rings. The van der Waals surface area contributed by atoms with Gasteiger partial charge in [-0.1, -0.05) is 24.3 Å². The summed E-state index contributed by atoms with van der Waals surface area (Å²) in [6, 6.07) is 7.59. The van der Waals surface area contributed by atoms with E-state index in [9.17, 15) is 9.59 Å². The minimum Gasteiger partial charge on any atom is -0.356 e. The average molecular weight is 374 g/mol. The van der Waals surface area contributed by atoms with Crippen LogP contribution < -0.4 is 10.6 Å². The molecule has 1 aromatic carbocycles. The van der Waals surface area contributed by atoms with Gasteiger partial charge in [0.15, 0.2) is 5.96 Å². The zero-order valence-corrected chi connectivity index (χ0v) is 17.0. The fourth-order valence-corrected chi connectivity index (χ4v) is 2.14. The SMILES string of the molecule is C=C(C)CNC(=NCC(=O)N(C)C)NCCc1cccc(C(=O)N(C)C)c1. The molecule has 0 aliphatic heterocycles. The molecule has 0 bridgehead atoms. The lowest BCUT2D eigenvalue weighted by Gasteiger charge is -2.14. The third-order valence-electron chi connectivity index (χ3n) is 3.72. The molecule has 1 rings (SSSR count).